The molecule has 0 radical (unpaired) electrons. The molecular weight excluding hydrogens is 248 g/mol. The van der Waals surface area contributed by atoms with Crippen molar-refractivity contribution in [1.82, 2.24) is 10.0 Å². The van der Waals surface area contributed by atoms with Crippen molar-refractivity contribution >= 4 is 12.1 Å². The summed E-state index contributed by atoms with van der Waals surface area (Å²) < 4.78 is 0. The van der Waals surface area contributed by atoms with Gasteiger partial charge in [-0.05, 0) is 12.8 Å². The third kappa shape index (κ3) is 10.1. The first kappa shape index (κ1) is 17.5. The van der Waals surface area contributed by atoms with Gasteiger partial charge in [0.05, 0.1) is 0 Å². The van der Waals surface area contributed by atoms with Crippen molar-refractivity contribution in [3.8, 4) is 0 Å². The highest BCUT2D eigenvalue weighted by Crippen LogP contribution is 2.07. The average molecular weight is 274 g/mol. The molecule has 0 aromatic rings. The zero-order valence-electron chi connectivity index (χ0n) is 11.4. The van der Waals surface area contributed by atoms with Crippen LogP contribution in [-0.4, -0.2) is 35.2 Å². The predicted molar refractivity (Wildman–Crippen MR) is 73.3 cm³/mol. The monoisotopic (exact) mass is 274 g/mol. The Kier molecular flexibility index (Phi) is 9.55. The summed E-state index contributed by atoms with van der Waals surface area (Å²) in [7, 11) is 0. The topological polar surface area (TPSA) is 145 Å². The Hall–Kier alpha value is -1.54. The van der Waals surface area contributed by atoms with Crippen molar-refractivity contribution < 1.29 is 9.59 Å². The van der Waals surface area contributed by atoms with Gasteiger partial charge in [-0.2, -0.15) is 0 Å². The maximum absolute atomic E-state index is 10.6. The third-order valence-electron chi connectivity index (χ3n) is 2.86. The molecular formula is C11H26N6O2. The van der Waals surface area contributed by atoms with Crippen LogP contribution >= 0.6 is 0 Å². The van der Waals surface area contributed by atoms with E-state index < -0.39 is 12.1 Å². The number of unbranched alkanes of at least 4 members (excludes halogenated alkanes) is 6. The molecule has 0 saturated carbocycles. The Morgan fingerprint density at radius 1 is 0.632 bits per heavy atom. The lowest BCUT2D eigenvalue weighted by Gasteiger charge is -2.13. The molecule has 0 fully saturated rings. The first-order valence-electron chi connectivity index (χ1n) is 6.58. The second kappa shape index (κ2) is 10.4. The van der Waals surface area contributed by atoms with Crippen LogP contribution in [0, 0.1) is 0 Å². The summed E-state index contributed by atoms with van der Waals surface area (Å²) in [5.74, 6) is 10.7. The number of amides is 4. The lowest BCUT2D eigenvalue weighted by Crippen LogP contribution is -2.41. The van der Waals surface area contributed by atoms with Crippen LogP contribution in [0.2, 0.25) is 0 Å². The van der Waals surface area contributed by atoms with Crippen molar-refractivity contribution in [1.29, 1.82) is 0 Å². The number of hydrazine groups is 2. The van der Waals surface area contributed by atoms with Gasteiger partial charge in [-0.25, -0.2) is 21.3 Å². The van der Waals surface area contributed by atoms with Gasteiger partial charge in [-0.1, -0.05) is 32.1 Å². The molecule has 0 unspecified atom stereocenters. The van der Waals surface area contributed by atoms with Gasteiger partial charge in [0.15, 0.2) is 0 Å². The molecule has 8 nitrogen and oxygen atoms in total. The quantitative estimate of drug-likeness (QED) is 0.195. The zero-order valence-corrected chi connectivity index (χ0v) is 11.4. The maximum Gasteiger partial charge on any atom is 0.328 e. The van der Waals surface area contributed by atoms with Crippen LogP contribution in [0.4, 0.5) is 9.59 Å². The molecule has 0 spiro atoms. The summed E-state index contributed by atoms with van der Waals surface area (Å²) in [6.45, 7) is 0.992. The molecule has 0 saturated heterocycles. The van der Waals surface area contributed by atoms with E-state index in [-0.39, 0.29) is 0 Å². The Bertz CT molecular complexity index is 248. The highest BCUT2D eigenvalue weighted by molar-refractivity contribution is 5.71. The Morgan fingerprint density at radius 2 is 0.895 bits per heavy atom. The van der Waals surface area contributed by atoms with Gasteiger partial charge >= 0.3 is 12.1 Å². The smallest absolute Gasteiger partial charge is 0.328 e. The summed E-state index contributed by atoms with van der Waals surface area (Å²) in [4.78, 5) is 21.2. The molecule has 0 aliphatic rings. The van der Waals surface area contributed by atoms with Gasteiger partial charge in [0, 0.05) is 13.1 Å². The number of nitrogens with zero attached hydrogens (tertiary/aromatic N) is 2. The van der Waals surface area contributed by atoms with Crippen LogP contribution in [0.1, 0.15) is 44.9 Å². The number of carbonyl (C=O) groups excluding carboxylic acids is 2. The molecule has 112 valence electrons. The fourth-order valence-corrected chi connectivity index (χ4v) is 1.67. The minimum Gasteiger partial charge on any atom is -0.350 e. The van der Waals surface area contributed by atoms with Gasteiger partial charge in [0.25, 0.3) is 0 Å². The fourth-order valence-electron chi connectivity index (χ4n) is 1.67. The Balaban J connectivity index is 3.24. The van der Waals surface area contributed by atoms with Crippen LogP contribution in [0.15, 0.2) is 0 Å². The lowest BCUT2D eigenvalue weighted by atomic mass is 10.1. The second-order valence-electron chi connectivity index (χ2n) is 4.54. The number of hydrogen-bond donors (Lipinski definition) is 4. The number of urea groups is 2. The standard InChI is InChI=1S/C11H26N6O2/c12-10(18)16(14)8-6-4-2-1-3-5-7-9-17(15)11(13)19/h1-9,14-15H2,(H2,12,18)(H2,13,19). The van der Waals surface area contributed by atoms with Gasteiger partial charge in [-0.3, -0.25) is 10.0 Å². The molecule has 0 aromatic carbocycles. The molecule has 8 heteroatoms. The molecule has 19 heavy (non-hydrogen) atoms. The second-order valence-corrected chi connectivity index (χ2v) is 4.54. The van der Waals surface area contributed by atoms with Crippen LogP contribution in [0.25, 0.3) is 0 Å². The van der Waals surface area contributed by atoms with E-state index in [1.165, 1.54) is 0 Å². The van der Waals surface area contributed by atoms with Crippen molar-refractivity contribution in [2.24, 2.45) is 23.2 Å². The normalized spacial score (nSPS) is 10.2. The first-order chi connectivity index (χ1) is 8.95. The van der Waals surface area contributed by atoms with E-state index in [0.717, 1.165) is 55.0 Å². The third-order valence-corrected chi connectivity index (χ3v) is 2.86. The highest BCUT2D eigenvalue weighted by atomic mass is 16.2. The Labute approximate surface area is 114 Å². The summed E-state index contributed by atoms with van der Waals surface area (Å²) in [6.07, 6.45) is 7.05. The lowest BCUT2D eigenvalue weighted by molar-refractivity contribution is 0.207. The fraction of sp³-hybridized carbons (Fsp3) is 0.818. The molecule has 0 aliphatic heterocycles. The van der Waals surface area contributed by atoms with Crippen molar-refractivity contribution in [2.75, 3.05) is 13.1 Å². The van der Waals surface area contributed by atoms with Crippen LogP contribution in [-0.2, 0) is 0 Å². The van der Waals surface area contributed by atoms with Gasteiger partial charge in [0.2, 0.25) is 0 Å². The molecule has 4 amide bonds. The number of primary amides is 2. The largest absolute Gasteiger partial charge is 0.350 e. The number of carbonyl (C=O) groups is 2. The number of nitrogens with two attached hydrogens (primary N) is 4. The van der Waals surface area contributed by atoms with Crippen LogP contribution in [0.5, 0.6) is 0 Å². The van der Waals surface area contributed by atoms with E-state index >= 15 is 0 Å². The maximum atomic E-state index is 10.6. The van der Waals surface area contributed by atoms with E-state index in [9.17, 15) is 9.59 Å². The van der Waals surface area contributed by atoms with Gasteiger partial charge in [0.1, 0.15) is 0 Å². The van der Waals surface area contributed by atoms with E-state index in [2.05, 4.69) is 0 Å². The SMILES string of the molecule is NC(=O)N(N)CCCCCCCCCN(N)C(N)=O. The predicted octanol–water partition coefficient (Wildman–Crippen LogP) is 0.226. The highest BCUT2D eigenvalue weighted by Gasteiger charge is 2.03. The van der Waals surface area contributed by atoms with E-state index in [4.69, 9.17) is 23.2 Å². The average Bonchev–Trinajstić information content (AvgIpc) is 2.35. The zero-order chi connectivity index (χ0) is 14.7. The van der Waals surface area contributed by atoms with Crippen LogP contribution in [0.3, 0.4) is 0 Å². The van der Waals surface area contributed by atoms with E-state index in [1.807, 2.05) is 0 Å². The van der Waals surface area contributed by atoms with Crippen molar-refractivity contribution in [2.45, 2.75) is 44.9 Å². The first-order valence-corrected chi connectivity index (χ1v) is 6.58. The number of rotatable bonds is 10. The minimum atomic E-state index is -0.596. The summed E-state index contributed by atoms with van der Waals surface area (Å²) in [6, 6.07) is -1.19. The van der Waals surface area contributed by atoms with Gasteiger partial charge in [-0.15, -0.1) is 0 Å². The summed E-state index contributed by atoms with van der Waals surface area (Å²) in [5.41, 5.74) is 9.98. The molecule has 0 atom stereocenters. The molecule has 8 N–H and O–H groups in total. The molecule has 0 aliphatic carbocycles. The molecule has 0 bridgehead atoms. The molecule has 0 aromatic heterocycles. The summed E-state index contributed by atoms with van der Waals surface area (Å²) in [5, 5.41) is 2.05. The molecule has 0 rings (SSSR count). The minimum absolute atomic E-state index is 0.496. The van der Waals surface area contributed by atoms with Crippen molar-refractivity contribution in [3.63, 3.8) is 0 Å². The van der Waals surface area contributed by atoms with Crippen LogP contribution < -0.4 is 23.2 Å². The molecule has 0 heterocycles. The van der Waals surface area contributed by atoms with E-state index in [0.29, 0.717) is 13.1 Å². The summed E-state index contributed by atoms with van der Waals surface area (Å²) >= 11 is 0. The van der Waals surface area contributed by atoms with Gasteiger partial charge < -0.3 is 11.5 Å². The Morgan fingerprint density at radius 3 is 1.16 bits per heavy atom. The van der Waals surface area contributed by atoms with E-state index in [1.54, 1.807) is 0 Å². The van der Waals surface area contributed by atoms with Crippen molar-refractivity contribution in [3.05, 3.63) is 0 Å². The number of hydrogen-bond acceptors (Lipinski definition) is 4.